The van der Waals surface area contributed by atoms with E-state index in [-0.39, 0.29) is 0 Å². The first-order valence-electron chi connectivity index (χ1n) is 6.13. The lowest BCUT2D eigenvalue weighted by molar-refractivity contribution is 0.429. The van der Waals surface area contributed by atoms with Crippen LogP contribution in [-0.2, 0) is 13.5 Å². The molecule has 1 aromatic heterocycles. The number of hydrogen-bond donors (Lipinski definition) is 1. The van der Waals surface area contributed by atoms with E-state index in [0.717, 1.165) is 17.9 Å². The molecule has 1 aromatic carbocycles. The lowest BCUT2D eigenvalue weighted by Crippen LogP contribution is -2.11. The quantitative estimate of drug-likeness (QED) is 0.872. The SMILES string of the molecule is CCc1cccc(Oc2c(C(N)=S)c(C)nn2C)c1. The highest BCUT2D eigenvalue weighted by Gasteiger charge is 2.17. The first-order chi connectivity index (χ1) is 9.02. The molecule has 2 rings (SSSR count). The summed E-state index contributed by atoms with van der Waals surface area (Å²) in [5.74, 6) is 1.35. The highest BCUT2D eigenvalue weighted by molar-refractivity contribution is 7.80. The third-order valence-electron chi connectivity index (χ3n) is 2.94. The lowest BCUT2D eigenvalue weighted by atomic mass is 10.2. The van der Waals surface area contributed by atoms with Crippen molar-refractivity contribution in [1.29, 1.82) is 0 Å². The van der Waals surface area contributed by atoms with Gasteiger partial charge in [-0.25, -0.2) is 4.68 Å². The molecule has 0 radical (unpaired) electrons. The molecule has 0 atom stereocenters. The molecule has 0 saturated carbocycles. The van der Waals surface area contributed by atoms with Crippen LogP contribution in [0.25, 0.3) is 0 Å². The van der Waals surface area contributed by atoms with Gasteiger partial charge in [-0.1, -0.05) is 31.3 Å². The highest BCUT2D eigenvalue weighted by atomic mass is 32.1. The van der Waals surface area contributed by atoms with Gasteiger partial charge in [-0.2, -0.15) is 5.10 Å². The minimum Gasteiger partial charge on any atom is -0.439 e. The third kappa shape index (κ3) is 2.76. The van der Waals surface area contributed by atoms with Crippen LogP contribution in [0.4, 0.5) is 0 Å². The Morgan fingerprint density at radius 3 is 2.84 bits per heavy atom. The molecule has 2 aromatic rings. The second-order valence-electron chi connectivity index (χ2n) is 4.36. The van der Waals surface area contributed by atoms with Crippen molar-refractivity contribution in [2.45, 2.75) is 20.3 Å². The van der Waals surface area contributed by atoms with Gasteiger partial charge in [0.15, 0.2) is 0 Å². The summed E-state index contributed by atoms with van der Waals surface area (Å²) >= 11 is 5.06. The van der Waals surface area contributed by atoms with Crippen molar-refractivity contribution in [2.24, 2.45) is 12.8 Å². The maximum absolute atomic E-state index is 5.90. The molecule has 0 aliphatic rings. The Balaban J connectivity index is 2.40. The van der Waals surface area contributed by atoms with E-state index in [9.17, 15) is 0 Å². The fourth-order valence-electron chi connectivity index (χ4n) is 1.98. The Morgan fingerprint density at radius 1 is 1.47 bits per heavy atom. The van der Waals surface area contributed by atoms with Crippen LogP contribution in [0, 0.1) is 6.92 Å². The van der Waals surface area contributed by atoms with Crippen LogP contribution in [-0.4, -0.2) is 14.8 Å². The van der Waals surface area contributed by atoms with Crippen molar-refractivity contribution in [2.75, 3.05) is 0 Å². The Morgan fingerprint density at radius 2 is 2.21 bits per heavy atom. The van der Waals surface area contributed by atoms with Gasteiger partial charge >= 0.3 is 0 Å². The van der Waals surface area contributed by atoms with E-state index in [2.05, 4.69) is 18.1 Å². The summed E-state index contributed by atoms with van der Waals surface area (Å²) in [6.07, 6.45) is 0.962. The standard InChI is InChI=1S/C14H17N3OS/c1-4-10-6-5-7-11(8-10)18-14-12(13(15)19)9(2)16-17(14)3/h5-8H,4H2,1-3H3,(H2,15,19). The van der Waals surface area contributed by atoms with Crippen LogP contribution in [0.1, 0.15) is 23.7 Å². The predicted octanol–water partition coefficient (Wildman–Crippen LogP) is 2.72. The van der Waals surface area contributed by atoms with E-state index in [1.807, 2.05) is 32.2 Å². The summed E-state index contributed by atoms with van der Waals surface area (Å²) in [6.45, 7) is 3.97. The average Bonchev–Trinajstić information content (AvgIpc) is 2.64. The van der Waals surface area contributed by atoms with Crippen LogP contribution >= 0.6 is 12.2 Å². The summed E-state index contributed by atoms with van der Waals surface area (Å²) in [5, 5.41) is 4.30. The fourth-order valence-corrected chi connectivity index (χ4v) is 2.21. The maximum Gasteiger partial charge on any atom is 0.228 e. The van der Waals surface area contributed by atoms with Crippen LogP contribution in [0.5, 0.6) is 11.6 Å². The van der Waals surface area contributed by atoms with Gasteiger partial charge in [-0.3, -0.25) is 0 Å². The fraction of sp³-hybridized carbons (Fsp3) is 0.286. The first-order valence-corrected chi connectivity index (χ1v) is 6.54. The molecule has 0 saturated heterocycles. The zero-order valence-corrected chi connectivity index (χ0v) is 12.1. The third-order valence-corrected chi connectivity index (χ3v) is 3.14. The normalized spacial score (nSPS) is 10.5. The predicted molar refractivity (Wildman–Crippen MR) is 79.7 cm³/mol. The number of aromatic nitrogens is 2. The summed E-state index contributed by atoms with van der Waals surface area (Å²) < 4.78 is 7.55. The van der Waals surface area contributed by atoms with Crippen molar-refractivity contribution >= 4 is 17.2 Å². The zero-order chi connectivity index (χ0) is 14.0. The molecular weight excluding hydrogens is 258 g/mol. The monoisotopic (exact) mass is 275 g/mol. The molecule has 0 bridgehead atoms. The number of aryl methyl sites for hydroxylation is 3. The van der Waals surface area contributed by atoms with Gasteiger partial charge in [-0.05, 0) is 31.0 Å². The van der Waals surface area contributed by atoms with E-state index in [1.54, 1.807) is 4.68 Å². The Kier molecular flexibility index (Phi) is 3.85. The second kappa shape index (κ2) is 5.40. The number of benzene rings is 1. The van der Waals surface area contributed by atoms with Crippen LogP contribution < -0.4 is 10.5 Å². The maximum atomic E-state index is 5.90. The van der Waals surface area contributed by atoms with Gasteiger partial charge in [0.2, 0.25) is 5.88 Å². The lowest BCUT2D eigenvalue weighted by Gasteiger charge is -2.09. The number of hydrogen-bond acceptors (Lipinski definition) is 3. The zero-order valence-electron chi connectivity index (χ0n) is 11.3. The van der Waals surface area contributed by atoms with Gasteiger partial charge in [0.25, 0.3) is 0 Å². The molecule has 0 aliphatic heterocycles. The Bertz CT molecular complexity index is 619. The molecule has 0 unspecified atom stereocenters. The minimum atomic E-state index is 0.298. The molecule has 4 nitrogen and oxygen atoms in total. The number of thiocarbonyl (C=S) groups is 1. The number of ether oxygens (including phenoxy) is 1. The van der Waals surface area contributed by atoms with Gasteiger partial charge in [0.1, 0.15) is 10.7 Å². The van der Waals surface area contributed by atoms with E-state index < -0.39 is 0 Å². The van der Waals surface area contributed by atoms with Crippen molar-refractivity contribution < 1.29 is 4.74 Å². The van der Waals surface area contributed by atoms with Crippen LogP contribution in [0.15, 0.2) is 24.3 Å². The molecule has 0 amide bonds. The van der Waals surface area contributed by atoms with Crippen molar-refractivity contribution in [3.8, 4) is 11.6 Å². The van der Waals surface area contributed by atoms with E-state index >= 15 is 0 Å². The molecule has 0 spiro atoms. The molecule has 19 heavy (non-hydrogen) atoms. The largest absolute Gasteiger partial charge is 0.439 e. The molecular formula is C14H17N3OS. The van der Waals surface area contributed by atoms with Crippen molar-refractivity contribution in [3.05, 3.63) is 41.1 Å². The Labute approximate surface area is 118 Å². The number of nitrogens with two attached hydrogens (primary N) is 1. The summed E-state index contributed by atoms with van der Waals surface area (Å²) in [7, 11) is 1.81. The first kappa shape index (κ1) is 13.5. The van der Waals surface area contributed by atoms with Crippen molar-refractivity contribution in [1.82, 2.24) is 9.78 Å². The topological polar surface area (TPSA) is 53.1 Å². The van der Waals surface area contributed by atoms with Gasteiger partial charge in [-0.15, -0.1) is 0 Å². The molecule has 1 heterocycles. The molecule has 2 N–H and O–H groups in total. The molecule has 0 fully saturated rings. The smallest absolute Gasteiger partial charge is 0.228 e. The summed E-state index contributed by atoms with van der Waals surface area (Å²) in [5.41, 5.74) is 8.42. The molecule has 5 heteroatoms. The van der Waals surface area contributed by atoms with Crippen LogP contribution in [0.2, 0.25) is 0 Å². The highest BCUT2D eigenvalue weighted by Crippen LogP contribution is 2.27. The number of nitrogens with zero attached hydrogens (tertiary/aromatic N) is 2. The van der Waals surface area contributed by atoms with Crippen LogP contribution in [0.3, 0.4) is 0 Å². The average molecular weight is 275 g/mol. The summed E-state index contributed by atoms with van der Waals surface area (Å²) in [4.78, 5) is 0.298. The Hall–Kier alpha value is -1.88. The van der Waals surface area contributed by atoms with Crippen molar-refractivity contribution in [3.63, 3.8) is 0 Å². The van der Waals surface area contributed by atoms with E-state index in [0.29, 0.717) is 16.4 Å². The second-order valence-corrected chi connectivity index (χ2v) is 4.80. The summed E-state index contributed by atoms with van der Waals surface area (Å²) in [6, 6.07) is 7.95. The van der Waals surface area contributed by atoms with Gasteiger partial charge in [0, 0.05) is 7.05 Å². The van der Waals surface area contributed by atoms with E-state index in [1.165, 1.54) is 5.56 Å². The molecule has 0 aliphatic carbocycles. The minimum absolute atomic E-state index is 0.298. The molecule has 100 valence electrons. The number of rotatable bonds is 4. The van der Waals surface area contributed by atoms with Gasteiger partial charge < -0.3 is 10.5 Å². The van der Waals surface area contributed by atoms with Gasteiger partial charge in [0.05, 0.1) is 11.3 Å². The van der Waals surface area contributed by atoms with E-state index in [4.69, 9.17) is 22.7 Å².